The zero-order chi connectivity index (χ0) is 15.0. The van der Waals surface area contributed by atoms with Crippen LogP contribution in [0.3, 0.4) is 0 Å². The van der Waals surface area contributed by atoms with Crippen molar-refractivity contribution in [2.45, 2.75) is 19.8 Å². The summed E-state index contributed by atoms with van der Waals surface area (Å²) in [5.74, 6) is 0.866. The van der Waals surface area contributed by atoms with Gasteiger partial charge in [-0.15, -0.1) is 11.3 Å². The smallest absolute Gasteiger partial charge is 0.303 e. The highest BCUT2D eigenvalue weighted by molar-refractivity contribution is 7.17. The standard InChI is InChI=1S/C14H12N2O4S/c1-7-2-3-9(20-7)8-6-21-14-12(8)13(19)15-10(16-14)4-5-11(17)18/h2-3,6H,4-5H2,1H3,(H,17,18)(H,15,16,19). The number of hydrogen-bond donors (Lipinski definition) is 2. The molecule has 21 heavy (non-hydrogen) atoms. The summed E-state index contributed by atoms with van der Waals surface area (Å²) < 4.78 is 5.55. The molecule has 108 valence electrons. The van der Waals surface area contributed by atoms with Crippen molar-refractivity contribution in [2.75, 3.05) is 0 Å². The quantitative estimate of drug-likeness (QED) is 0.772. The van der Waals surface area contributed by atoms with Crippen molar-refractivity contribution in [1.29, 1.82) is 0 Å². The van der Waals surface area contributed by atoms with E-state index in [9.17, 15) is 9.59 Å². The molecule has 3 aromatic heterocycles. The number of furan rings is 1. The first-order chi connectivity index (χ1) is 10.0. The van der Waals surface area contributed by atoms with Gasteiger partial charge in [-0.3, -0.25) is 9.59 Å². The van der Waals surface area contributed by atoms with Gasteiger partial charge in [-0.1, -0.05) is 0 Å². The summed E-state index contributed by atoms with van der Waals surface area (Å²) in [6, 6.07) is 3.65. The Labute approximate surface area is 123 Å². The summed E-state index contributed by atoms with van der Waals surface area (Å²) in [5.41, 5.74) is 0.437. The van der Waals surface area contributed by atoms with E-state index in [-0.39, 0.29) is 18.4 Å². The van der Waals surface area contributed by atoms with E-state index in [2.05, 4.69) is 9.97 Å². The topological polar surface area (TPSA) is 96.2 Å². The maximum absolute atomic E-state index is 12.2. The average molecular weight is 304 g/mol. The van der Waals surface area contributed by atoms with Gasteiger partial charge in [-0.05, 0) is 19.1 Å². The van der Waals surface area contributed by atoms with E-state index in [1.54, 1.807) is 0 Å². The molecule has 0 bridgehead atoms. The zero-order valence-electron chi connectivity index (χ0n) is 11.2. The lowest BCUT2D eigenvalue weighted by Gasteiger charge is -1.99. The summed E-state index contributed by atoms with van der Waals surface area (Å²) in [7, 11) is 0. The van der Waals surface area contributed by atoms with Gasteiger partial charge in [0.25, 0.3) is 5.56 Å². The fourth-order valence-electron chi connectivity index (χ4n) is 2.10. The molecule has 3 aromatic rings. The van der Waals surface area contributed by atoms with E-state index >= 15 is 0 Å². The Morgan fingerprint density at radius 1 is 1.48 bits per heavy atom. The van der Waals surface area contributed by atoms with Crippen LogP contribution in [0.4, 0.5) is 0 Å². The van der Waals surface area contributed by atoms with Crippen LogP contribution >= 0.6 is 11.3 Å². The van der Waals surface area contributed by atoms with Gasteiger partial charge in [-0.25, -0.2) is 4.98 Å². The number of aromatic amines is 1. The zero-order valence-corrected chi connectivity index (χ0v) is 12.0. The minimum Gasteiger partial charge on any atom is -0.481 e. The second-order valence-electron chi connectivity index (χ2n) is 4.65. The molecule has 0 aliphatic rings. The number of aryl methyl sites for hydroxylation is 2. The number of carboxylic acids is 1. The van der Waals surface area contributed by atoms with Crippen molar-refractivity contribution in [2.24, 2.45) is 0 Å². The third kappa shape index (κ3) is 2.59. The fourth-order valence-corrected chi connectivity index (χ4v) is 3.04. The van der Waals surface area contributed by atoms with Gasteiger partial charge in [0.2, 0.25) is 0 Å². The summed E-state index contributed by atoms with van der Waals surface area (Å²) in [6.07, 6.45) is 0.137. The Hall–Kier alpha value is -2.41. The average Bonchev–Trinajstić information content (AvgIpc) is 3.02. The molecular formula is C14H12N2O4S. The van der Waals surface area contributed by atoms with Crippen LogP contribution in [-0.4, -0.2) is 21.0 Å². The van der Waals surface area contributed by atoms with Gasteiger partial charge in [0.05, 0.1) is 11.8 Å². The largest absolute Gasteiger partial charge is 0.481 e. The third-order valence-electron chi connectivity index (χ3n) is 3.07. The van der Waals surface area contributed by atoms with Gasteiger partial charge in [0, 0.05) is 17.4 Å². The lowest BCUT2D eigenvalue weighted by atomic mass is 10.2. The van der Waals surface area contributed by atoms with Crippen LogP contribution in [0.2, 0.25) is 0 Å². The van der Waals surface area contributed by atoms with Crippen molar-refractivity contribution in [1.82, 2.24) is 9.97 Å². The van der Waals surface area contributed by atoms with Gasteiger partial charge in [0.1, 0.15) is 22.2 Å². The predicted molar refractivity (Wildman–Crippen MR) is 78.6 cm³/mol. The number of aliphatic carboxylic acids is 1. The van der Waals surface area contributed by atoms with Crippen LogP contribution in [0.1, 0.15) is 18.0 Å². The second-order valence-corrected chi connectivity index (χ2v) is 5.50. The summed E-state index contributed by atoms with van der Waals surface area (Å²) >= 11 is 1.34. The van der Waals surface area contributed by atoms with Gasteiger partial charge in [0.15, 0.2) is 0 Å². The van der Waals surface area contributed by atoms with Crippen molar-refractivity contribution in [3.63, 3.8) is 0 Å². The number of hydrogen-bond acceptors (Lipinski definition) is 5. The van der Waals surface area contributed by atoms with Crippen molar-refractivity contribution >= 4 is 27.5 Å². The maximum atomic E-state index is 12.2. The molecule has 0 spiro atoms. The number of thiophene rings is 1. The Bertz CT molecular complexity index is 875. The number of carboxylic acid groups (broad SMARTS) is 1. The van der Waals surface area contributed by atoms with Crippen LogP contribution in [0, 0.1) is 6.92 Å². The Morgan fingerprint density at radius 3 is 2.95 bits per heavy atom. The molecule has 0 aliphatic carbocycles. The number of nitrogens with zero attached hydrogens (tertiary/aromatic N) is 1. The fraction of sp³-hybridized carbons (Fsp3) is 0.214. The van der Waals surface area contributed by atoms with E-state index in [1.165, 1.54) is 11.3 Å². The summed E-state index contributed by atoms with van der Waals surface area (Å²) in [4.78, 5) is 30.4. The number of rotatable bonds is 4. The molecule has 0 saturated heterocycles. The lowest BCUT2D eigenvalue weighted by Crippen LogP contribution is -2.12. The number of aromatic nitrogens is 2. The van der Waals surface area contributed by atoms with Gasteiger partial charge >= 0.3 is 5.97 Å². The van der Waals surface area contributed by atoms with E-state index < -0.39 is 5.97 Å². The minimum absolute atomic E-state index is 0.0654. The van der Waals surface area contributed by atoms with Crippen LogP contribution in [0.5, 0.6) is 0 Å². The molecule has 3 heterocycles. The molecule has 0 atom stereocenters. The number of H-pyrrole nitrogens is 1. The Kier molecular flexibility index (Phi) is 3.34. The maximum Gasteiger partial charge on any atom is 0.303 e. The van der Waals surface area contributed by atoms with Crippen LogP contribution in [0.25, 0.3) is 21.5 Å². The summed E-state index contributed by atoms with van der Waals surface area (Å²) in [5, 5.41) is 11.0. The first-order valence-electron chi connectivity index (χ1n) is 6.33. The molecule has 2 N–H and O–H groups in total. The van der Waals surface area contributed by atoms with Crippen LogP contribution < -0.4 is 5.56 Å². The minimum atomic E-state index is -0.921. The molecular weight excluding hydrogens is 292 g/mol. The normalized spacial score (nSPS) is 11.1. The molecule has 0 unspecified atom stereocenters. The van der Waals surface area contributed by atoms with Crippen molar-refractivity contribution in [3.05, 3.63) is 39.5 Å². The van der Waals surface area contributed by atoms with E-state index in [0.29, 0.717) is 27.4 Å². The first-order valence-corrected chi connectivity index (χ1v) is 7.21. The monoisotopic (exact) mass is 304 g/mol. The molecule has 7 heteroatoms. The van der Waals surface area contributed by atoms with E-state index in [4.69, 9.17) is 9.52 Å². The highest BCUT2D eigenvalue weighted by atomic mass is 32.1. The van der Waals surface area contributed by atoms with Gasteiger partial charge < -0.3 is 14.5 Å². The van der Waals surface area contributed by atoms with Crippen LogP contribution in [-0.2, 0) is 11.2 Å². The lowest BCUT2D eigenvalue weighted by molar-refractivity contribution is -0.137. The Balaban J connectivity index is 2.07. The molecule has 6 nitrogen and oxygen atoms in total. The highest BCUT2D eigenvalue weighted by Gasteiger charge is 2.15. The van der Waals surface area contributed by atoms with E-state index in [0.717, 1.165) is 5.76 Å². The number of nitrogens with one attached hydrogen (secondary N) is 1. The molecule has 0 fully saturated rings. The highest BCUT2D eigenvalue weighted by Crippen LogP contribution is 2.31. The molecule has 3 rings (SSSR count). The van der Waals surface area contributed by atoms with Crippen molar-refractivity contribution in [3.8, 4) is 11.3 Å². The first kappa shape index (κ1) is 13.6. The SMILES string of the molecule is Cc1ccc(-c2csc3nc(CCC(=O)O)[nH]c(=O)c23)o1. The van der Waals surface area contributed by atoms with Gasteiger partial charge in [-0.2, -0.15) is 0 Å². The van der Waals surface area contributed by atoms with Crippen molar-refractivity contribution < 1.29 is 14.3 Å². The number of carbonyl (C=O) groups is 1. The van der Waals surface area contributed by atoms with E-state index in [1.807, 2.05) is 24.4 Å². The van der Waals surface area contributed by atoms with Crippen LogP contribution in [0.15, 0.2) is 26.7 Å². The molecule has 0 amide bonds. The summed E-state index contributed by atoms with van der Waals surface area (Å²) in [6.45, 7) is 1.84. The second kappa shape index (κ2) is 5.17. The molecule has 0 aliphatic heterocycles. The molecule has 0 saturated carbocycles. The molecule has 0 aromatic carbocycles. The Morgan fingerprint density at radius 2 is 2.29 bits per heavy atom. The molecule has 0 radical (unpaired) electrons. The number of fused-ring (bicyclic) bond motifs is 1. The predicted octanol–water partition coefficient (Wildman–Crippen LogP) is 2.57. The third-order valence-corrected chi connectivity index (χ3v) is 3.95.